The van der Waals surface area contributed by atoms with Crippen molar-refractivity contribution in [1.82, 2.24) is 14.2 Å². The van der Waals surface area contributed by atoms with Crippen LogP contribution < -0.4 is 9.64 Å². The van der Waals surface area contributed by atoms with Crippen LogP contribution in [0, 0.1) is 6.92 Å². The van der Waals surface area contributed by atoms with Crippen molar-refractivity contribution in [3.8, 4) is 5.75 Å². The molecule has 0 saturated carbocycles. The molecule has 2 aliphatic heterocycles. The molecule has 0 bridgehead atoms. The van der Waals surface area contributed by atoms with Gasteiger partial charge in [0.2, 0.25) is 15.9 Å². The lowest BCUT2D eigenvalue weighted by Gasteiger charge is -2.27. The van der Waals surface area contributed by atoms with Gasteiger partial charge in [-0.1, -0.05) is 6.07 Å². The number of nitrogens with zero attached hydrogens (tertiary/aromatic N) is 4. The van der Waals surface area contributed by atoms with Crippen molar-refractivity contribution in [3.63, 3.8) is 0 Å². The number of amides is 1. The van der Waals surface area contributed by atoms with Gasteiger partial charge in [-0.05, 0) is 31.0 Å². The van der Waals surface area contributed by atoms with Gasteiger partial charge in [0.15, 0.2) is 5.13 Å². The van der Waals surface area contributed by atoms with Crippen LogP contribution in [0.2, 0.25) is 0 Å². The summed E-state index contributed by atoms with van der Waals surface area (Å²) in [6.45, 7) is 6.21. The van der Waals surface area contributed by atoms with Crippen LogP contribution in [0.15, 0.2) is 28.5 Å². The van der Waals surface area contributed by atoms with Gasteiger partial charge in [-0.3, -0.25) is 4.79 Å². The summed E-state index contributed by atoms with van der Waals surface area (Å²) in [5.74, 6) is 0.272. The van der Waals surface area contributed by atoms with E-state index in [2.05, 4.69) is 9.88 Å². The minimum atomic E-state index is -3.74. The number of carbonyl (C=O) groups excluding carboxylic acids is 1. The summed E-state index contributed by atoms with van der Waals surface area (Å²) in [5, 5.41) is 3.03. The number of hydrogen-bond acceptors (Lipinski definition) is 8. The van der Waals surface area contributed by atoms with E-state index in [0.29, 0.717) is 45.0 Å². The second kappa shape index (κ2) is 10.4. The fourth-order valence-corrected chi connectivity index (χ4v) is 6.56. The van der Waals surface area contributed by atoms with E-state index in [9.17, 15) is 13.2 Å². The molecular formula is C22H30N4O5S2. The van der Waals surface area contributed by atoms with Gasteiger partial charge >= 0.3 is 0 Å². The van der Waals surface area contributed by atoms with E-state index >= 15 is 0 Å². The van der Waals surface area contributed by atoms with Gasteiger partial charge in [-0.2, -0.15) is 4.31 Å². The molecule has 2 aromatic rings. The van der Waals surface area contributed by atoms with Crippen LogP contribution in [0.4, 0.5) is 5.13 Å². The average molecular weight is 495 g/mol. The lowest BCUT2D eigenvalue weighted by Crippen LogP contribution is -2.40. The Morgan fingerprint density at radius 3 is 2.64 bits per heavy atom. The summed E-state index contributed by atoms with van der Waals surface area (Å²) in [5.41, 5.74) is 1.67. The van der Waals surface area contributed by atoms with Gasteiger partial charge in [0.1, 0.15) is 10.6 Å². The highest BCUT2D eigenvalue weighted by Crippen LogP contribution is 2.29. The Morgan fingerprint density at radius 2 is 1.94 bits per heavy atom. The van der Waals surface area contributed by atoms with E-state index in [-0.39, 0.29) is 23.0 Å². The maximum atomic E-state index is 13.2. The molecule has 0 radical (unpaired) electrons. The number of anilines is 1. The monoisotopic (exact) mass is 494 g/mol. The van der Waals surface area contributed by atoms with E-state index in [1.165, 1.54) is 11.4 Å². The van der Waals surface area contributed by atoms with Gasteiger partial charge in [0.05, 0.1) is 32.4 Å². The van der Waals surface area contributed by atoms with Crippen LogP contribution in [-0.4, -0.2) is 88.1 Å². The molecule has 0 N–H and O–H groups in total. The Bertz CT molecular complexity index is 1080. The van der Waals surface area contributed by atoms with Crippen molar-refractivity contribution in [2.45, 2.75) is 24.7 Å². The molecule has 1 amide bonds. The Morgan fingerprint density at radius 1 is 1.15 bits per heavy atom. The molecule has 11 heteroatoms. The molecule has 0 unspecified atom stereocenters. The van der Waals surface area contributed by atoms with Crippen molar-refractivity contribution in [1.29, 1.82) is 0 Å². The zero-order valence-corrected chi connectivity index (χ0v) is 20.7. The summed E-state index contributed by atoms with van der Waals surface area (Å²) in [4.78, 5) is 21.8. The summed E-state index contributed by atoms with van der Waals surface area (Å²) < 4.78 is 38.4. The Hall–Kier alpha value is -2.21. The third kappa shape index (κ3) is 5.48. The zero-order valence-electron chi connectivity index (χ0n) is 19.0. The molecule has 1 aromatic carbocycles. The number of carbonyl (C=O) groups is 1. The lowest BCUT2D eigenvalue weighted by atomic mass is 10.1. The largest absolute Gasteiger partial charge is 0.495 e. The fraction of sp³-hybridized carbons (Fsp3) is 0.545. The summed E-state index contributed by atoms with van der Waals surface area (Å²) in [7, 11) is -2.29. The first kappa shape index (κ1) is 23.9. The van der Waals surface area contributed by atoms with Crippen LogP contribution >= 0.6 is 11.3 Å². The second-order valence-electron chi connectivity index (χ2n) is 8.17. The van der Waals surface area contributed by atoms with Crippen molar-refractivity contribution in [2.75, 3.05) is 64.5 Å². The standard InChI is InChI=1S/C22H30N4O5S2/c1-17-16-32-22(23-17)25-7-3-6-24(8-9-25)21(27)15-18-4-5-19(30-2)20(14-18)33(28,29)26-10-12-31-13-11-26/h4-5,14,16H,3,6-13,15H2,1-2H3. The highest BCUT2D eigenvalue weighted by molar-refractivity contribution is 7.89. The molecule has 1 aromatic heterocycles. The van der Waals surface area contributed by atoms with Crippen LogP contribution in [-0.2, 0) is 26.0 Å². The number of ether oxygens (including phenoxy) is 2. The Labute approximate surface area is 199 Å². The van der Waals surface area contributed by atoms with Crippen LogP contribution in [0.25, 0.3) is 0 Å². The van der Waals surface area contributed by atoms with E-state index in [1.807, 2.05) is 17.2 Å². The maximum absolute atomic E-state index is 13.2. The van der Waals surface area contributed by atoms with E-state index in [1.54, 1.807) is 29.5 Å². The third-order valence-corrected chi connectivity index (χ3v) is 8.84. The number of sulfonamides is 1. The van der Waals surface area contributed by atoms with Crippen molar-refractivity contribution < 1.29 is 22.7 Å². The molecule has 0 aliphatic carbocycles. The Balaban J connectivity index is 1.46. The number of aromatic nitrogens is 1. The molecule has 0 spiro atoms. The van der Waals surface area contributed by atoms with Crippen molar-refractivity contribution >= 4 is 32.4 Å². The minimum Gasteiger partial charge on any atom is -0.495 e. The molecule has 33 heavy (non-hydrogen) atoms. The number of morpholine rings is 1. The summed E-state index contributed by atoms with van der Waals surface area (Å²) >= 11 is 1.63. The number of aryl methyl sites for hydroxylation is 1. The van der Waals surface area contributed by atoms with Crippen LogP contribution in [0.5, 0.6) is 5.75 Å². The minimum absolute atomic E-state index is 0.00735. The molecule has 180 valence electrons. The van der Waals surface area contributed by atoms with E-state index in [4.69, 9.17) is 9.47 Å². The molecule has 9 nitrogen and oxygen atoms in total. The summed E-state index contributed by atoms with van der Waals surface area (Å²) in [6.07, 6.45) is 1.01. The highest BCUT2D eigenvalue weighted by atomic mass is 32.2. The maximum Gasteiger partial charge on any atom is 0.246 e. The van der Waals surface area contributed by atoms with Gasteiger partial charge in [-0.25, -0.2) is 13.4 Å². The van der Waals surface area contributed by atoms with Crippen molar-refractivity contribution in [2.24, 2.45) is 0 Å². The first-order chi connectivity index (χ1) is 15.9. The highest BCUT2D eigenvalue weighted by Gasteiger charge is 2.30. The molecule has 2 aliphatic rings. The topological polar surface area (TPSA) is 92.3 Å². The van der Waals surface area contributed by atoms with E-state index in [0.717, 1.165) is 30.3 Å². The van der Waals surface area contributed by atoms with Crippen molar-refractivity contribution in [3.05, 3.63) is 34.8 Å². The zero-order chi connectivity index (χ0) is 23.4. The molecule has 0 atom stereocenters. The average Bonchev–Trinajstić information content (AvgIpc) is 3.11. The lowest BCUT2D eigenvalue weighted by molar-refractivity contribution is -0.130. The quantitative estimate of drug-likeness (QED) is 0.604. The smallest absolute Gasteiger partial charge is 0.246 e. The molecule has 4 rings (SSSR count). The predicted octanol–water partition coefficient (Wildman–Crippen LogP) is 1.76. The van der Waals surface area contributed by atoms with Crippen LogP contribution in [0.3, 0.4) is 0 Å². The first-order valence-corrected chi connectivity index (χ1v) is 13.4. The number of methoxy groups -OCH3 is 1. The second-order valence-corrected chi connectivity index (χ2v) is 10.9. The van der Waals surface area contributed by atoms with Gasteiger partial charge in [0.25, 0.3) is 0 Å². The van der Waals surface area contributed by atoms with E-state index < -0.39 is 10.0 Å². The molecular weight excluding hydrogens is 464 g/mol. The molecule has 2 fully saturated rings. The molecule has 2 saturated heterocycles. The number of benzene rings is 1. The van der Waals surface area contributed by atoms with Crippen LogP contribution in [0.1, 0.15) is 17.7 Å². The SMILES string of the molecule is COc1ccc(CC(=O)N2CCCN(c3nc(C)cs3)CC2)cc1S(=O)(=O)N1CCOCC1. The number of rotatable bonds is 6. The third-order valence-electron chi connectivity index (χ3n) is 5.90. The molecule has 3 heterocycles. The number of thiazole rings is 1. The normalized spacial score (nSPS) is 18.2. The summed E-state index contributed by atoms with van der Waals surface area (Å²) in [6, 6.07) is 4.96. The van der Waals surface area contributed by atoms with Gasteiger partial charge < -0.3 is 19.3 Å². The van der Waals surface area contributed by atoms with Gasteiger partial charge in [-0.15, -0.1) is 11.3 Å². The predicted molar refractivity (Wildman–Crippen MR) is 127 cm³/mol. The fourth-order valence-electron chi connectivity index (χ4n) is 4.09. The Kier molecular flexibility index (Phi) is 7.52. The van der Waals surface area contributed by atoms with Gasteiger partial charge in [0, 0.05) is 44.6 Å². The first-order valence-electron chi connectivity index (χ1n) is 11.1. The number of hydrogen-bond donors (Lipinski definition) is 0.